The van der Waals surface area contributed by atoms with Crippen LogP contribution in [0.5, 0.6) is 0 Å². The molecule has 44 heavy (non-hydrogen) atoms. The first-order chi connectivity index (χ1) is 22.0. The Labute approximate surface area is 264 Å². The Kier molecular flexibility index (Phi) is 27.4. The molecule has 0 aliphatic rings. The van der Waals surface area contributed by atoms with Crippen molar-refractivity contribution in [1.82, 2.24) is 84.0 Å². The van der Waals surface area contributed by atoms with Gasteiger partial charge in [-0.1, -0.05) is 11.3 Å². The fourth-order valence-corrected chi connectivity index (χ4v) is 2.43. The van der Waals surface area contributed by atoms with E-state index in [-0.39, 0.29) is 0 Å². The van der Waals surface area contributed by atoms with Crippen LogP contribution >= 0.6 is 34.6 Å². The minimum atomic E-state index is 1.21. The molecule has 17 nitrogen and oxygen atoms in total. The summed E-state index contributed by atoms with van der Waals surface area (Å²) in [6, 6.07) is 11.1. The van der Waals surface area contributed by atoms with E-state index in [1.165, 1.54) is 53.6 Å². The summed E-state index contributed by atoms with van der Waals surface area (Å²) in [5.41, 5.74) is 5.04. The third-order valence-corrected chi connectivity index (χ3v) is 4.42. The first-order valence-corrected chi connectivity index (χ1v) is 14.2. The van der Waals surface area contributed by atoms with E-state index >= 15 is 0 Å². The molecular formula is C24H25N17S3. The normalized spacial score (nSPS) is 8.00. The molecule has 0 radical (unpaired) electrons. The number of hydrogen-bond acceptors (Lipinski definition) is 19. The fraction of sp³-hybridized carbons (Fsp3) is 0. The average Bonchev–Trinajstić information content (AvgIpc) is 4.00. The van der Waals surface area contributed by atoms with Crippen molar-refractivity contribution in [3.8, 4) is 0 Å². The van der Waals surface area contributed by atoms with E-state index in [2.05, 4.69) is 84.0 Å². The molecule has 1 N–H and O–H groups in total. The van der Waals surface area contributed by atoms with E-state index in [4.69, 9.17) is 0 Å². The minimum absolute atomic E-state index is 1.21. The summed E-state index contributed by atoms with van der Waals surface area (Å²) < 4.78 is 11.0. The van der Waals surface area contributed by atoms with E-state index in [1.807, 2.05) is 30.3 Å². The molecule has 0 aromatic carbocycles. The number of nitrogens with zero attached hydrogens (tertiary/aromatic N) is 16. The van der Waals surface area contributed by atoms with Crippen LogP contribution in [0.25, 0.3) is 0 Å². The molecule has 0 aliphatic carbocycles. The van der Waals surface area contributed by atoms with Crippen LogP contribution in [0, 0.1) is 0 Å². The van der Waals surface area contributed by atoms with Gasteiger partial charge in [-0.3, -0.25) is 15.0 Å². The van der Waals surface area contributed by atoms with E-state index in [0.717, 1.165) is 0 Å². The summed E-state index contributed by atoms with van der Waals surface area (Å²) in [5.74, 6) is 0. The van der Waals surface area contributed by atoms with Crippen LogP contribution in [0.3, 0.4) is 0 Å². The second kappa shape index (κ2) is 33.3. The Morgan fingerprint density at radius 1 is 0.386 bits per heavy atom. The van der Waals surface area contributed by atoms with Gasteiger partial charge in [-0.15, -0.1) is 31.7 Å². The zero-order chi connectivity index (χ0) is 31.1. The van der Waals surface area contributed by atoms with Gasteiger partial charge in [0.1, 0.15) is 29.2 Å². The van der Waals surface area contributed by atoms with Crippen molar-refractivity contribution in [2.45, 2.75) is 0 Å². The Hall–Kier alpha value is -5.86. The molecule has 0 atom stereocenters. The molecule has 0 aliphatic heterocycles. The van der Waals surface area contributed by atoms with Crippen molar-refractivity contribution in [2.24, 2.45) is 0 Å². The summed E-state index contributed by atoms with van der Waals surface area (Å²) in [4.78, 5) is 22.2. The van der Waals surface area contributed by atoms with Gasteiger partial charge in [-0.2, -0.15) is 28.5 Å². The van der Waals surface area contributed by atoms with Gasteiger partial charge < -0.3 is 0 Å². The van der Waals surface area contributed by atoms with Crippen LogP contribution in [-0.2, 0) is 0 Å². The number of nitrogens with one attached hydrogen (secondary N) is 1. The van der Waals surface area contributed by atoms with Crippen molar-refractivity contribution in [3.63, 3.8) is 0 Å². The summed E-state index contributed by atoms with van der Waals surface area (Å²) in [6.45, 7) is 0. The SMILES string of the molecule is c1ccncc1.c1ccnnc1.c1cnccn1.c1cncnc1.c1cnsn1.c1ncsn1.c1nn[nH]n1.c1nncs1. The number of aromatic nitrogens is 17. The number of H-pyrrole nitrogens is 1. The second-order valence-corrected chi connectivity index (χ2v) is 7.96. The van der Waals surface area contributed by atoms with Crippen molar-refractivity contribution >= 4 is 34.6 Å². The third kappa shape index (κ3) is 30.7. The lowest BCUT2D eigenvalue weighted by Crippen LogP contribution is -1.69. The van der Waals surface area contributed by atoms with E-state index in [0.29, 0.717) is 0 Å². The van der Waals surface area contributed by atoms with Crippen LogP contribution in [0.2, 0.25) is 0 Å². The monoisotopic (exact) mass is 647 g/mol. The smallest absolute Gasteiger partial charge is 0.161 e. The molecule has 8 heterocycles. The first-order valence-electron chi connectivity index (χ1n) is 11.7. The van der Waals surface area contributed by atoms with E-state index < -0.39 is 0 Å². The zero-order valence-electron chi connectivity index (χ0n) is 22.7. The predicted molar refractivity (Wildman–Crippen MR) is 164 cm³/mol. The van der Waals surface area contributed by atoms with Gasteiger partial charge in [0.15, 0.2) is 6.33 Å². The summed E-state index contributed by atoms with van der Waals surface area (Å²) in [7, 11) is 0. The van der Waals surface area contributed by atoms with Gasteiger partial charge in [0.25, 0.3) is 0 Å². The molecule has 0 unspecified atom stereocenters. The topological polar surface area (TPSA) is 222 Å². The van der Waals surface area contributed by atoms with Crippen molar-refractivity contribution in [2.75, 3.05) is 0 Å². The highest BCUT2D eigenvalue weighted by atomic mass is 32.1. The van der Waals surface area contributed by atoms with Gasteiger partial charge in [0, 0.05) is 62.0 Å². The van der Waals surface area contributed by atoms with Gasteiger partial charge in [0.05, 0.1) is 24.1 Å². The molecule has 0 amide bonds. The Bertz CT molecular complexity index is 1030. The van der Waals surface area contributed by atoms with Crippen molar-refractivity contribution < 1.29 is 0 Å². The van der Waals surface area contributed by atoms with Gasteiger partial charge in [-0.05, 0) is 41.9 Å². The lowest BCUT2D eigenvalue weighted by atomic mass is 10.5. The zero-order valence-corrected chi connectivity index (χ0v) is 25.2. The quantitative estimate of drug-likeness (QED) is 0.249. The maximum Gasteiger partial charge on any atom is 0.161 e. The molecule has 0 spiro atoms. The largest absolute Gasteiger partial charge is 0.265 e. The number of hydrogen-bond donors (Lipinski definition) is 1. The Balaban J connectivity index is 0.000000252. The Morgan fingerprint density at radius 3 is 1.16 bits per heavy atom. The van der Waals surface area contributed by atoms with E-state index in [9.17, 15) is 0 Å². The maximum absolute atomic E-state index is 3.78. The molecule has 0 saturated heterocycles. The van der Waals surface area contributed by atoms with Crippen LogP contribution in [0.4, 0.5) is 0 Å². The molecule has 224 valence electrons. The molecule has 20 heteroatoms. The van der Waals surface area contributed by atoms with Crippen molar-refractivity contribution in [3.05, 3.63) is 146 Å². The van der Waals surface area contributed by atoms with Crippen molar-refractivity contribution in [1.29, 1.82) is 0 Å². The maximum atomic E-state index is 3.78. The lowest BCUT2D eigenvalue weighted by Gasteiger charge is -1.70. The highest BCUT2D eigenvalue weighted by molar-refractivity contribution is 7.07. The molecule has 8 rings (SSSR count). The number of aromatic amines is 1. The standard InChI is InChI=1S/C5H5N.3C4H4N2.3C2H2N2S.CH2N4/c1-2-4-6-5-3-1;1-2-6-4-3-5-1;1-2-5-4-6-3-1;1-2-4-6-5-3-1;1-3-4-2-5-1;1-3-2-5-4-1;2*1-2-4-5-3-1/h1-5H;3*1-4H;3*1-2H;1H,(H,2,3,4,5). The fourth-order valence-electron chi connectivity index (χ4n) is 1.61. The molecule has 0 fully saturated rings. The molecule has 8 aromatic heterocycles. The number of tetrazole rings is 1. The molecule has 0 saturated carbocycles. The van der Waals surface area contributed by atoms with Crippen LogP contribution in [0.1, 0.15) is 0 Å². The van der Waals surface area contributed by atoms with Crippen LogP contribution < -0.4 is 0 Å². The van der Waals surface area contributed by atoms with E-state index in [1.54, 1.807) is 97.0 Å². The molecule has 8 aromatic rings. The highest BCUT2D eigenvalue weighted by Gasteiger charge is 1.63. The third-order valence-electron chi connectivity index (χ3n) is 3.12. The minimum Gasteiger partial charge on any atom is -0.265 e. The summed E-state index contributed by atoms with van der Waals surface area (Å²) in [6.07, 6.45) is 24.4. The predicted octanol–water partition coefficient (Wildman–Crippen LogP) is 3.33. The van der Waals surface area contributed by atoms with Gasteiger partial charge in [0.2, 0.25) is 0 Å². The average molecular weight is 648 g/mol. The van der Waals surface area contributed by atoms with Gasteiger partial charge in [-0.25, -0.2) is 15.0 Å². The number of pyridine rings is 1. The summed E-state index contributed by atoms with van der Waals surface area (Å²) >= 11 is 4.06. The highest BCUT2D eigenvalue weighted by Crippen LogP contribution is 1.81. The second-order valence-electron chi connectivity index (χ2n) is 6.05. The first kappa shape index (κ1) is 36.2. The molecular weight excluding hydrogens is 623 g/mol. The number of rotatable bonds is 0. The Morgan fingerprint density at radius 2 is 0.977 bits per heavy atom. The lowest BCUT2D eigenvalue weighted by molar-refractivity contribution is 0.881. The van der Waals surface area contributed by atoms with Crippen LogP contribution in [-0.4, -0.2) is 84.0 Å². The van der Waals surface area contributed by atoms with Crippen LogP contribution in [0.15, 0.2) is 146 Å². The summed E-state index contributed by atoms with van der Waals surface area (Å²) in [5, 5.41) is 26.2. The molecule has 0 bridgehead atoms. The van der Waals surface area contributed by atoms with Gasteiger partial charge >= 0.3 is 0 Å².